The summed E-state index contributed by atoms with van der Waals surface area (Å²) in [6, 6.07) is 5.47. The van der Waals surface area contributed by atoms with Crippen LogP contribution in [0.5, 0.6) is 0 Å². The molecule has 0 aliphatic heterocycles. The van der Waals surface area contributed by atoms with E-state index in [1.54, 1.807) is 6.07 Å². The zero-order valence-corrected chi connectivity index (χ0v) is 11.7. The van der Waals surface area contributed by atoms with Gasteiger partial charge in [-0.2, -0.15) is 0 Å². The molecule has 1 heterocycles. The summed E-state index contributed by atoms with van der Waals surface area (Å²) in [5, 5.41) is 12.3. The molecule has 1 aromatic carbocycles. The number of anilines is 2. The van der Waals surface area contributed by atoms with Crippen LogP contribution in [-0.2, 0) is 5.54 Å². The van der Waals surface area contributed by atoms with Crippen LogP contribution in [0.25, 0.3) is 11.4 Å². The lowest BCUT2D eigenvalue weighted by molar-refractivity contribution is 0.197. The van der Waals surface area contributed by atoms with Crippen molar-refractivity contribution in [2.45, 2.75) is 44.6 Å². The topological polar surface area (TPSA) is 95.6 Å². The van der Waals surface area contributed by atoms with Crippen LogP contribution in [0, 0.1) is 0 Å². The second kappa shape index (κ2) is 4.77. The van der Waals surface area contributed by atoms with Gasteiger partial charge in [-0.3, -0.25) is 0 Å². The van der Waals surface area contributed by atoms with E-state index < -0.39 is 0 Å². The molecule has 1 aromatic heterocycles. The summed E-state index contributed by atoms with van der Waals surface area (Å²) in [4.78, 5) is 0. The summed E-state index contributed by atoms with van der Waals surface area (Å²) in [6.07, 6.45) is 5.92. The standard InChI is InChI=1S/C14H20N6/c1-14(5-3-2-4-6-14)20-13(17-18-19-20)10-7-11(15)9-12(16)8-10/h7-9H,2-6,15-16H2,1H3. The van der Waals surface area contributed by atoms with E-state index in [0.29, 0.717) is 11.4 Å². The summed E-state index contributed by atoms with van der Waals surface area (Å²) in [6.45, 7) is 2.22. The smallest absolute Gasteiger partial charge is 0.182 e. The highest BCUT2D eigenvalue weighted by Crippen LogP contribution is 2.36. The highest BCUT2D eigenvalue weighted by Gasteiger charge is 2.32. The average Bonchev–Trinajstić information content (AvgIpc) is 2.88. The first-order chi connectivity index (χ1) is 9.58. The van der Waals surface area contributed by atoms with Gasteiger partial charge in [0.05, 0.1) is 5.54 Å². The van der Waals surface area contributed by atoms with Gasteiger partial charge in [-0.1, -0.05) is 19.3 Å². The normalized spacial score (nSPS) is 18.1. The van der Waals surface area contributed by atoms with Crippen LogP contribution in [0.2, 0.25) is 0 Å². The molecule has 2 aromatic rings. The summed E-state index contributed by atoms with van der Waals surface area (Å²) in [5.74, 6) is 0.744. The molecule has 0 spiro atoms. The van der Waals surface area contributed by atoms with E-state index >= 15 is 0 Å². The third kappa shape index (κ3) is 2.21. The Morgan fingerprint density at radius 1 is 1.05 bits per heavy atom. The van der Waals surface area contributed by atoms with Crippen molar-refractivity contribution in [1.82, 2.24) is 20.2 Å². The highest BCUT2D eigenvalue weighted by atomic mass is 15.6. The number of nitrogens with two attached hydrogens (primary N) is 2. The maximum Gasteiger partial charge on any atom is 0.182 e. The van der Waals surface area contributed by atoms with Gasteiger partial charge < -0.3 is 11.5 Å². The van der Waals surface area contributed by atoms with Crippen molar-refractivity contribution in [3.63, 3.8) is 0 Å². The zero-order valence-electron chi connectivity index (χ0n) is 11.7. The minimum absolute atomic E-state index is 0.0174. The SMILES string of the molecule is CC1(n2nnnc2-c2cc(N)cc(N)c2)CCCCC1. The third-order valence-electron chi connectivity index (χ3n) is 4.15. The summed E-state index contributed by atoms with van der Waals surface area (Å²) < 4.78 is 1.94. The van der Waals surface area contributed by atoms with E-state index in [1.165, 1.54) is 19.3 Å². The Morgan fingerprint density at radius 2 is 1.70 bits per heavy atom. The molecule has 0 atom stereocenters. The Hall–Kier alpha value is -2.11. The molecule has 1 fully saturated rings. The number of hydrogen-bond acceptors (Lipinski definition) is 5. The molecule has 1 aliphatic carbocycles. The van der Waals surface area contributed by atoms with E-state index in [9.17, 15) is 0 Å². The van der Waals surface area contributed by atoms with Gasteiger partial charge >= 0.3 is 0 Å². The van der Waals surface area contributed by atoms with E-state index in [0.717, 1.165) is 24.2 Å². The largest absolute Gasteiger partial charge is 0.399 e. The minimum Gasteiger partial charge on any atom is -0.399 e. The monoisotopic (exact) mass is 272 g/mol. The lowest BCUT2D eigenvalue weighted by Crippen LogP contribution is -2.34. The second-order valence-corrected chi connectivity index (χ2v) is 5.86. The first kappa shape index (κ1) is 12.9. The summed E-state index contributed by atoms with van der Waals surface area (Å²) in [5.41, 5.74) is 13.9. The predicted octanol–water partition coefficient (Wildman–Crippen LogP) is 2.18. The van der Waals surface area contributed by atoms with Gasteiger partial charge in [0.15, 0.2) is 5.82 Å². The molecular formula is C14H20N6. The minimum atomic E-state index is -0.0174. The van der Waals surface area contributed by atoms with E-state index in [1.807, 2.05) is 16.8 Å². The Bertz CT molecular complexity index is 592. The Kier molecular flexibility index (Phi) is 3.08. The van der Waals surface area contributed by atoms with Crippen LogP contribution in [0.3, 0.4) is 0 Å². The predicted molar refractivity (Wildman–Crippen MR) is 78.8 cm³/mol. The fourth-order valence-corrected chi connectivity index (χ4v) is 3.06. The van der Waals surface area contributed by atoms with Crippen molar-refractivity contribution in [1.29, 1.82) is 0 Å². The Morgan fingerprint density at radius 3 is 2.35 bits per heavy atom. The van der Waals surface area contributed by atoms with Crippen molar-refractivity contribution in [3.05, 3.63) is 18.2 Å². The maximum absolute atomic E-state index is 5.87. The maximum atomic E-state index is 5.87. The van der Waals surface area contributed by atoms with Crippen molar-refractivity contribution in [2.75, 3.05) is 11.5 Å². The highest BCUT2D eigenvalue weighted by molar-refractivity contribution is 5.68. The molecule has 0 radical (unpaired) electrons. The summed E-state index contributed by atoms with van der Waals surface area (Å²) in [7, 11) is 0. The van der Waals surface area contributed by atoms with E-state index in [2.05, 4.69) is 22.4 Å². The molecule has 106 valence electrons. The molecule has 1 saturated carbocycles. The molecule has 20 heavy (non-hydrogen) atoms. The first-order valence-electron chi connectivity index (χ1n) is 7.04. The lowest BCUT2D eigenvalue weighted by atomic mass is 9.83. The van der Waals surface area contributed by atoms with Crippen LogP contribution in [0.1, 0.15) is 39.0 Å². The van der Waals surface area contributed by atoms with E-state index in [-0.39, 0.29) is 5.54 Å². The van der Waals surface area contributed by atoms with Crippen LogP contribution >= 0.6 is 0 Å². The van der Waals surface area contributed by atoms with Gasteiger partial charge in [0, 0.05) is 16.9 Å². The number of rotatable bonds is 2. The Balaban J connectivity index is 2.05. The van der Waals surface area contributed by atoms with Gasteiger partial charge in [0.25, 0.3) is 0 Å². The number of hydrogen-bond donors (Lipinski definition) is 2. The molecule has 6 nitrogen and oxygen atoms in total. The van der Waals surface area contributed by atoms with Crippen molar-refractivity contribution in [2.24, 2.45) is 0 Å². The van der Waals surface area contributed by atoms with Crippen LogP contribution in [0.15, 0.2) is 18.2 Å². The third-order valence-corrected chi connectivity index (χ3v) is 4.15. The molecule has 0 bridgehead atoms. The second-order valence-electron chi connectivity index (χ2n) is 5.86. The number of benzene rings is 1. The summed E-state index contributed by atoms with van der Waals surface area (Å²) >= 11 is 0. The average molecular weight is 272 g/mol. The van der Waals surface area contributed by atoms with Crippen molar-refractivity contribution >= 4 is 11.4 Å². The molecule has 0 unspecified atom stereocenters. The number of nitrogen functional groups attached to an aromatic ring is 2. The van der Waals surface area contributed by atoms with Crippen LogP contribution < -0.4 is 11.5 Å². The zero-order chi connectivity index (χ0) is 14.2. The van der Waals surface area contributed by atoms with Crippen molar-refractivity contribution < 1.29 is 0 Å². The van der Waals surface area contributed by atoms with E-state index in [4.69, 9.17) is 11.5 Å². The van der Waals surface area contributed by atoms with Gasteiger partial charge in [-0.25, -0.2) is 4.68 Å². The molecule has 6 heteroatoms. The van der Waals surface area contributed by atoms with Gasteiger partial charge in [-0.15, -0.1) is 5.10 Å². The molecule has 0 amide bonds. The molecule has 0 saturated heterocycles. The molecular weight excluding hydrogens is 252 g/mol. The van der Waals surface area contributed by atoms with Gasteiger partial charge in [0.1, 0.15) is 0 Å². The molecule has 1 aliphatic rings. The lowest BCUT2D eigenvalue weighted by Gasteiger charge is -2.34. The molecule has 3 rings (SSSR count). The van der Waals surface area contributed by atoms with Gasteiger partial charge in [0.2, 0.25) is 0 Å². The Labute approximate surface area is 118 Å². The number of tetrazole rings is 1. The fraction of sp³-hybridized carbons (Fsp3) is 0.500. The quantitative estimate of drug-likeness (QED) is 0.817. The van der Waals surface area contributed by atoms with Gasteiger partial charge in [-0.05, 0) is 48.4 Å². The van der Waals surface area contributed by atoms with Crippen LogP contribution in [0.4, 0.5) is 11.4 Å². The number of nitrogens with zero attached hydrogens (tertiary/aromatic N) is 4. The van der Waals surface area contributed by atoms with Crippen LogP contribution in [-0.4, -0.2) is 20.2 Å². The first-order valence-corrected chi connectivity index (χ1v) is 7.04. The van der Waals surface area contributed by atoms with Crippen molar-refractivity contribution in [3.8, 4) is 11.4 Å². The number of aromatic nitrogens is 4. The molecule has 4 N–H and O–H groups in total. The fourth-order valence-electron chi connectivity index (χ4n) is 3.06.